The van der Waals surface area contributed by atoms with Gasteiger partial charge >= 0.3 is 0 Å². The zero-order valence-corrected chi connectivity index (χ0v) is 14.5. The minimum absolute atomic E-state index is 0.0215. The molecule has 0 bridgehead atoms. The van der Waals surface area contributed by atoms with Crippen molar-refractivity contribution < 1.29 is 13.2 Å². The largest absolute Gasteiger partial charge is 0.322 e. The summed E-state index contributed by atoms with van der Waals surface area (Å²) in [4.78, 5) is 12.1. The molecule has 0 radical (unpaired) electrons. The fraction of sp³-hybridized carbons (Fsp3) is 0.188. The van der Waals surface area contributed by atoms with Crippen molar-refractivity contribution >= 4 is 33.2 Å². The van der Waals surface area contributed by atoms with E-state index in [1.807, 2.05) is 32.9 Å². The van der Waals surface area contributed by atoms with Crippen molar-refractivity contribution in [2.75, 3.05) is 5.32 Å². The number of nitrogens with two attached hydrogens (primary N) is 1. The molecule has 0 aliphatic heterocycles. The molecule has 122 valence electrons. The number of carbonyl (C=O) groups is 1. The van der Waals surface area contributed by atoms with E-state index in [2.05, 4.69) is 5.32 Å². The van der Waals surface area contributed by atoms with E-state index >= 15 is 0 Å². The summed E-state index contributed by atoms with van der Waals surface area (Å²) in [5.74, 6) is -0.429. The van der Waals surface area contributed by atoms with Crippen LogP contribution in [0.5, 0.6) is 0 Å². The highest BCUT2D eigenvalue weighted by Crippen LogP contribution is 2.25. The molecule has 5 nitrogen and oxygen atoms in total. The van der Waals surface area contributed by atoms with Gasteiger partial charge in [-0.15, -0.1) is 0 Å². The maximum Gasteiger partial charge on any atom is 0.255 e. The maximum atomic E-state index is 12.4. The molecule has 0 heterocycles. The zero-order chi connectivity index (χ0) is 17.4. The minimum atomic E-state index is -4.00. The van der Waals surface area contributed by atoms with Crippen molar-refractivity contribution in [3.8, 4) is 0 Å². The summed E-state index contributed by atoms with van der Waals surface area (Å²) in [7, 11) is -4.00. The summed E-state index contributed by atoms with van der Waals surface area (Å²) in [6.07, 6.45) is 0. The van der Waals surface area contributed by atoms with Crippen LogP contribution in [0.15, 0.2) is 35.2 Å². The molecular weight excluding hydrogens is 336 g/mol. The summed E-state index contributed by atoms with van der Waals surface area (Å²) in [6, 6.07) is 7.88. The first kappa shape index (κ1) is 17.5. The summed E-state index contributed by atoms with van der Waals surface area (Å²) >= 11 is 5.82. The number of carbonyl (C=O) groups excluding carboxylic acids is 1. The molecule has 23 heavy (non-hydrogen) atoms. The van der Waals surface area contributed by atoms with E-state index in [-0.39, 0.29) is 15.5 Å². The Hall–Kier alpha value is -1.89. The number of amides is 1. The maximum absolute atomic E-state index is 12.4. The highest BCUT2D eigenvalue weighted by Gasteiger charge is 2.17. The van der Waals surface area contributed by atoms with Crippen LogP contribution in [0, 0.1) is 20.8 Å². The van der Waals surface area contributed by atoms with Crippen LogP contribution in [-0.2, 0) is 10.0 Å². The minimum Gasteiger partial charge on any atom is -0.322 e. The van der Waals surface area contributed by atoms with Crippen LogP contribution in [-0.4, -0.2) is 14.3 Å². The van der Waals surface area contributed by atoms with Gasteiger partial charge in [0.25, 0.3) is 5.91 Å². The van der Waals surface area contributed by atoms with E-state index < -0.39 is 15.9 Å². The van der Waals surface area contributed by atoms with E-state index in [0.29, 0.717) is 5.69 Å². The third kappa shape index (κ3) is 3.90. The number of aryl methyl sites for hydroxylation is 3. The molecule has 2 aromatic rings. The molecule has 3 N–H and O–H groups in total. The first-order valence-electron chi connectivity index (χ1n) is 6.81. The van der Waals surface area contributed by atoms with Gasteiger partial charge in [0, 0.05) is 11.3 Å². The van der Waals surface area contributed by atoms with E-state index in [9.17, 15) is 13.2 Å². The van der Waals surface area contributed by atoms with Crippen LogP contribution in [0.3, 0.4) is 0 Å². The highest BCUT2D eigenvalue weighted by molar-refractivity contribution is 7.89. The van der Waals surface area contributed by atoms with Crippen LogP contribution in [0.25, 0.3) is 0 Å². The summed E-state index contributed by atoms with van der Waals surface area (Å²) in [6.45, 7) is 5.77. The Bertz CT molecular complexity index is 869. The first-order chi connectivity index (χ1) is 10.6. The highest BCUT2D eigenvalue weighted by atomic mass is 35.5. The van der Waals surface area contributed by atoms with Gasteiger partial charge < -0.3 is 5.32 Å². The Labute approximate surface area is 140 Å². The molecule has 0 aromatic heterocycles. The molecule has 2 rings (SSSR count). The predicted octanol–water partition coefficient (Wildman–Crippen LogP) is 3.16. The lowest BCUT2D eigenvalue weighted by Crippen LogP contribution is -2.17. The molecule has 0 aliphatic carbocycles. The molecule has 0 aliphatic rings. The van der Waals surface area contributed by atoms with Crippen LogP contribution in [0.2, 0.25) is 5.02 Å². The van der Waals surface area contributed by atoms with Crippen LogP contribution in [0.1, 0.15) is 27.0 Å². The molecule has 0 saturated heterocycles. The third-order valence-corrected chi connectivity index (χ3v) is 4.81. The van der Waals surface area contributed by atoms with Gasteiger partial charge in [0.2, 0.25) is 10.0 Å². The van der Waals surface area contributed by atoms with Crippen molar-refractivity contribution in [2.45, 2.75) is 25.7 Å². The van der Waals surface area contributed by atoms with Crippen molar-refractivity contribution in [3.63, 3.8) is 0 Å². The second-order valence-corrected chi connectivity index (χ2v) is 7.36. The Kier molecular flexibility index (Phi) is 4.79. The number of sulfonamides is 1. The third-order valence-electron chi connectivity index (χ3n) is 3.42. The number of hydrogen-bond donors (Lipinski definition) is 2. The Morgan fingerprint density at radius 1 is 1.09 bits per heavy atom. The summed E-state index contributed by atoms with van der Waals surface area (Å²) in [5, 5.41) is 7.88. The Morgan fingerprint density at radius 3 is 2.17 bits per heavy atom. The van der Waals surface area contributed by atoms with Gasteiger partial charge in [0.15, 0.2) is 0 Å². The van der Waals surface area contributed by atoms with Gasteiger partial charge in [-0.25, -0.2) is 13.6 Å². The quantitative estimate of drug-likeness (QED) is 0.889. The number of halogens is 1. The standard InChI is InChI=1S/C16H17ClN2O3S/c1-9-6-10(2)15(11(3)7-9)19-16(20)12-4-5-13(17)14(8-12)23(18,21)22/h4-8H,1-3H3,(H,19,20)(H2,18,21,22). The molecule has 0 fully saturated rings. The lowest BCUT2D eigenvalue weighted by atomic mass is 10.0. The molecule has 0 unspecified atom stereocenters. The molecule has 0 atom stereocenters. The molecular formula is C16H17ClN2O3S. The van der Waals surface area contributed by atoms with E-state index in [4.69, 9.17) is 16.7 Å². The monoisotopic (exact) mass is 352 g/mol. The fourth-order valence-corrected chi connectivity index (χ4v) is 3.50. The predicted molar refractivity (Wildman–Crippen MR) is 91.4 cm³/mol. The van der Waals surface area contributed by atoms with Crippen molar-refractivity contribution in [1.29, 1.82) is 0 Å². The smallest absolute Gasteiger partial charge is 0.255 e. The van der Waals surface area contributed by atoms with Crippen LogP contribution >= 0.6 is 11.6 Å². The van der Waals surface area contributed by atoms with Gasteiger partial charge in [-0.2, -0.15) is 0 Å². The van der Waals surface area contributed by atoms with Gasteiger partial charge in [0.1, 0.15) is 4.90 Å². The van der Waals surface area contributed by atoms with Crippen molar-refractivity contribution in [3.05, 3.63) is 57.6 Å². The first-order valence-corrected chi connectivity index (χ1v) is 8.73. The number of hydrogen-bond acceptors (Lipinski definition) is 3. The van der Waals surface area contributed by atoms with Crippen molar-refractivity contribution in [2.24, 2.45) is 5.14 Å². The van der Waals surface area contributed by atoms with Crippen LogP contribution < -0.4 is 10.5 Å². The van der Waals surface area contributed by atoms with Gasteiger partial charge in [-0.05, 0) is 50.1 Å². The molecule has 7 heteroatoms. The lowest BCUT2D eigenvalue weighted by Gasteiger charge is -2.13. The average Bonchev–Trinajstić information content (AvgIpc) is 2.41. The number of benzene rings is 2. The number of anilines is 1. The summed E-state index contributed by atoms with van der Waals surface area (Å²) in [5.41, 5.74) is 3.82. The zero-order valence-electron chi connectivity index (χ0n) is 13.0. The molecule has 2 aromatic carbocycles. The number of primary sulfonamides is 1. The Balaban J connectivity index is 2.40. The molecule has 0 spiro atoms. The Morgan fingerprint density at radius 2 is 1.65 bits per heavy atom. The number of nitrogens with one attached hydrogen (secondary N) is 1. The van der Waals surface area contributed by atoms with E-state index in [1.54, 1.807) is 0 Å². The molecule has 1 amide bonds. The van der Waals surface area contributed by atoms with Gasteiger partial charge in [0.05, 0.1) is 5.02 Å². The van der Waals surface area contributed by atoms with Gasteiger partial charge in [-0.1, -0.05) is 29.3 Å². The van der Waals surface area contributed by atoms with Crippen LogP contribution in [0.4, 0.5) is 5.69 Å². The van der Waals surface area contributed by atoms with E-state index in [1.165, 1.54) is 18.2 Å². The normalized spacial score (nSPS) is 11.3. The summed E-state index contributed by atoms with van der Waals surface area (Å²) < 4.78 is 23.0. The topological polar surface area (TPSA) is 89.3 Å². The second kappa shape index (κ2) is 6.31. The van der Waals surface area contributed by atoms with E-state index in [0.717, 1.165) is 16.7 Å². The lowest BCUT2D eigenvalue weighted by molar-refractivity contribution is 0.102. The van der Waals surface area contributed by atoms with Gasteiger partial charge in [-0.3, -0.25) is 4.79 Å². The van der Waals surface area contributed by atoms with Crippen molar-refractivity contribution in [1.82, 2.24) is 0 Å². The second-order valence-electron chi connectivity index (χ2n) is 5.42. The number of rotatable bonds is 3. The molecule has 0 saturated carbocycles. The average molecular weight is 353 g/mol. The SMILES string of the molecule is Cc1cc(C)c(NC(=O)c2ccc(Cl)c(S(N)(=O)=O)c2)c(C)c1. The fourth-order valence-electron chi connectivity index (χ4n) is 2.43.